The van der Waals surface area contributed by atoms with E-state index in [9.17, 15) is 14.4 Å². The fourth-order valence-corrected chi connectivity index (χ4v) is 3.87. The zero-order valence-corrected chi connectivity index (χ0v) is 16.3. The van der Waals surface area contributed by atoms with Crippen LogP contribution in [0.5, 0.6) is 0 Å². The zero-order valence-electron chi connectivity index (χ0n) is 16.3. The maximum Gasteiger partial charge on any atom is 0.309 e. The van der Waals surface area contributed by atoms with Crippen molar-refractivity contribution in [1.29, 1.82) is 0 Å². The molecule has 0 bridgehead atoms. The van der Waals surface area contributed by atoms with Gasteiger partial charge in [-0.25, -0.2) is 0 Å². The van der Waals surface area contributed by atoms with Gasteiger partial charge in [-0.2, -0.15) is 0 Å². The Labute approximate surface area is 161 Å². The van der Waals surface area contributed by atoms with Crippen LogP contribution in [0, 0.1) is 23.7 Å². The normalized spacial score (nSPS) is 29.8. The highest BCUT2D eigenvalue weighted by atomic mass is 16.6. The molecular formula is C21H32O6. The van der Waals surface area contributed by atoms with Crippen molar-refractivity contribution >= 4 is 17.7 Å². The molecule has 27 heavy (non-hydrogen) atoms. The third-order valence-electron chi connectivity index (χ3n) is 5.86. The van der Waals surface area contributed by atoms with Crippen molar-refractivity contribution in [2.75, 3.05) is 19.8 Å². The molecule has 0 aromatic carbocycles. The monoisotopic (exact) mass is 380 g/mol. The largest absolute Gasteiger partial charge is 0.465 e. The number of carbonyl (C=O) groups is 3. The molecule has 0 aromatic rings. The number of hydrogen-bond acceptors (Lipinski definition) is 6. The second-order valence-electron chi connectivity index (χ2n) is 8.28. The fourth-order valence-electron chi connectivity index (χ4n) is 3.87. The van der Waals surface area contributed by atoms with Crippen LogP contribution >= 0.6 is 0 Å². The Kier molecular flexibility index (Phi) is 7.27. The Morgan fingerprint density at radius 3 is 2.44 bits per heavy atom. The average molecular weight is 380 g/mol. The van der Waals surface area contributed by atoms with Crippen molar-refractivity contribution in [3.8, 4) is 0 Å². The molecule has 1 heterocycles. The maximum atomic E-state index is 12.7. The van der Waals surface area contributed by atoms with E-state index in [2.05, 4.69) is 0 Å². The summed E-state index contributed by atoms with van der Waals surface area (Å²) in [7, 11) is 0. The van der Waals surface area contributed by atoms with Gasteiger partial charge in [-0.1, -0.05) is 6.92 Å². The number of Topliss-reactive ketones (excluding diaryl/α,β-unsaturated/α-hetero) is 1. The number of ether oxygens (including phenoxy) is 3. The topological polar surface area (TPSA) is 82.2 Å². The van der Waals surface area contributed by atoms with Gasteiger partial charge in [0, 0.05) is 12.3 Å². The molecule has 0 aromatic heterocycles. The summed E-state index contributed by atoms with van der Waals surface area (Å²) in [5.74, 6) is -1.08. The van der Waals surface area contributed by atoms with Crippen molar-refractivity contribution in [1.82, 2.24) is 0 Å². The molecule has 0 N–H and O–H groups in total. The summed E-state index contributed by atoms with van der Waals surface area (Å²) in [5, 5.41) is 0. The van der Waals surface area contributed by atoms with Crippen molar-refractivity contribution in [3.63, 3.8) is 0 Å². The molecule has 3 rings (SSSR count). The van der Waals surface area contributed by atoms with Crippen molar-refractivity contribution < 1.29 is 28.6 Å². The third kappa shape index (κ3) is 6.30. The minimum Gasteiger partial charge on any atom is -0.465 e. The number of hydrogen-bond donors (Lipinski definition) is 0. The molecule has 6 nitrogen and oxygen atoms in total. The van der Waals surface area contributed by atoms with Gasteiger partial charge in [-0.05, 0) is 57.3 Å². The molecule has 0 radical (unpaired) electrons. The van der Waals surface area contributed by atoms with E-state index < -0.39 is 5.92 Å². The SMILES string of the molecule is CCCOC(=O)C1CCC(C(=O)CCCC2CO2)C(C(=O)OCC2CC2)C1. The summed E-state index contributed by atoms with van der Waals surface area (Å²) < 4.78 is 15.9. The molecule has 2 saturated carbocycles. The minimum absolute atomic E-state index is 0.129. The van der Waals surface area contributed by atoms with E-state index in [1.165, 1.54) is 0 Å². The molecule has 152 valence electrons. The molecule has 3 aliphatic rings. The van der Waals surface area contributed by atoms with E-state index in [1.807, 2.05) is 6.92 Å². The predicted octanol–water partition coefficient (Wildman–Crippen LogP) is 3.06. The number of rotatable bonds is 11. The van der Waals surface area contributed by atoms with Crippen LogP contribution in [-0.4, -0.2) is 43.6 Å². The molecule has 4 unspecified atom stereocenters. The summed E-state index contributed by atoms with van der Waals surface area (Å²) in [5.41, 5.74) is 0. The minimum atomic E-state index is -0.513. The first-order valence-electron chi connectivity index (χ1n) is 10.6. The van der Waals surface area contributed by atoms with Gasteiger partial charge in [0.1, 0.15) is 5.78 Å². The molecular weight excluding hydrogens is 348 g/mol. The number of ketones is 1. The summed E-state index contributed by atoms with van der Waals surface area (Å²) in [6.45, 7) is 3.60. The molecule has 1 aliphatic heterocycles. The summed E-state index contributed by atoms with van der Waals surface area (Å²) in [4.78, 5) is 37.7. The van der Waals surface area contributed by atoms with Gasteiger partial charge in [0.05, 0.1) is 37.8 Å². The second-order valence-corrected chi connectivity index (χ2v) is 8.28. The van der Waals surface area contributed by atoms with Gasteiger partial charge in [-0.3, -0.25) is 14.4 Å². The second kappa shape index (κ2) is 9.67. The lowest BCUT2D eigenvalue weighted by atomic mass is 9.71. The van der Waals surface area contributed by atoms with Crippen LogP contribution in [0.4, 0.5) is 0 Å². The molecule has 4 atom stereocenters. The van der Waals surface area contributed by atoms with Crippen LogP contribution in [0.2, 0.25) is 0 Å². The highest BCUT2D eigenvalue weighted by Crippen LogP contribution is 2.38. The summed E-state index contributed by atoms with van der Waals surface area (Å²) >= 11 is 0. The standard InChI is InChI=1S/C21H32O6/c1-2-10-25-20(23)15-8-9-17(19(22)5-3-4-16-13-26-16)18(11-15)21(24)27-12-14-6-7-14/h14-18H,2-13H2,1H3. The van der Waals surface area contributed by atoms with Crippen LogP contribution < -0.4 is 0 Å². The maximum absolute atomic E-state index is 12.7. The van der Waals surface area contributed by atoms with Gasteiger partial charge in [0.15, 0.2) is 0 Å². The predicted molar refractivity (Wildman–Crippen MR) is 97.9 cm³/mol. The van der Waals surface area contributed by atoms with Gasteiger partial charge < -0.3 is 14.2 Å². The van der Waals surface area contributed by atoms with Crippen LogP contribution in [0.25, 0.3) is 0 Å². The lowest BCUT2D eigenvalue weighted by molar-refractivity contribution is -0.160. The van der Waals surface area contributed by atoms with Crippen molar-refractivity contribution in [2.24, 2.45) is 23.7 Å². The van der Waals surface area contributed by atoms with E-state index in [-0.39, 0.29) is 29.6 Å². The quantitative estimate of drug-likeness (QED) is 0.405. The number of epoxide rings is 1. The first kappa shape index (κ1) is 20.3. The highest BCUT2D eigenvalue weighted by Gasteiger charge is 2.42. The van der Waals surface area contributed by atoms with Gasteiger partial charge >= 0.3 is 11.9 Å². The molecule has 3 fully saturated rings. The van der Waals surface area contributed by atoms with E-state index >= 15 is 0 Å². The Bertz CT molecular complexity index is 537. The fraction of sp³-hybridized carbons (Fsp3) is 0.857. The van der Waals surface area contributed by atoms with Gasteiger partial charge in [0.25, 0.3) is 0 Å². The average Bonchev–Trinajstić information content (AvgIpc) is 3.58. The summed E-state index contributed by atoms with van der Waals surface area (Å²) in [6, 6.07) is 0. The Balaban J connectivity index is 1.56. The van der Waals surface area contributed by atoms with E-state index in [0.29, 0.717) is 50.9 Å². The van der Waals surface area contributed by atoms with Crippen molar-refractivity contribution in [3.05, 3.63) is 0 Å². The third-order valence-corrected chi connectivity index (χ3v) is 5.86. The Morgan fingerprint density at radius 1 is 1.00 bits per heavy atom. The highest BCUT2D eigenvalue weighted by molar-refractivity contribution is 5.87. The lowest BCUT2D eigenvalue weighted by Gasteiger charge is -2.33. The van der Waals surface area contributed by atoms with Crippen LogP contribution in [0.15, 0.2) is 0 Å². The number of esters is 2. The van der Waals surface area contributed by atoms with Crippen molar-refractivity contribution in [2.45, 2.75) is 70.8 Å². The molecule has 0 amide bonds. The van der Waals surface area contributed by atoms with Crippen LogP contribution in [0.3, 0.4) is 0 Å². The summed E-state index contributed by atoms with van der Waals surface area (Å²) in [6.07, 6.45) is 7.03. The van der Waals surface area contributed by atoms with Gasteiger partial charge in [-0.15, -0.1) is 0 Å². The zero-order chi connectivity index (χ0) is 19.2. The smallest absolute Gasteiger partial charge is 0.309 e. The lowest BCUT2D eigenvalue weighted by Crippen LogP contribution is -2.39. The van der Waals surface area contributed by atoms with Crippen LogP contribution in [0.1, 0.15) is 64.7 Å². The molecule has 0 spiro atoms. The molecule has 6 heteroatoms. The number of carbonyl (C=O) groups excluding carboxylic acids is 3. The Hall–Kier alpha value is -1.43. The van der Waals surface area contributed by atoms with E-state index in [1.54, 1.807) is 0 Å². The molecule has 1 saturated heterocycles. The Morgan fingerprint density at radius 2 is 1.78 bits per heavy atom. The van der Waals surface area contributed by atoms with E-state index in [4.69, 9.17) is 14.2 Å². The molecule has 2 aliphatic carbocycles. The first-order valence-corrected chi connectivity index (χ1v) is 10.6. The van der Waals surface area contributed by atoms with Gasteiger partial charge in [0.2, 0.25) is 0 Å². The first-order chi connectivity index (χ1) is 13.1. The van der Waals surface area contributed by atoms with E-state index in [0.717, 1.165) is 38.7 Å². The van der Waals surface area contributed by atoms with Crippen LogP contribution in [-0.2, 0) is 28.6 Å².